The number of hydrogen-bond donors (Lipinski definition) is 1. The van der Waals surface area contributed by atoms with E-state index < -0.39 is 0 Å². The van der Waals surface area contributed by atoms with Crippen LogP contribution in [-0.2, 0) is 7.05 Å². The van der Waals surface area contributed by atoms with Crippen LogP contribution in [0.15, 0.2) is 12.3 Å². The lowest BCUT2D eigenvalue weighted by Crippen LogP contribution is -2.42. The molecule has 1 saturated heterocycles. The van der Waals surface area contributed by atoms with E-state index in [1.165, 1.54) is 0 Å². The summed E-state index contributed by atoms with van der Waals surface area (Å²) in [5.74, 6) is 0.261. The number of carbonyl (C=O) groups is 1. The number of nitrogens with one attached hydrogen (secondary N) is 1. The van der Waals surface area contributed by atoms with Gasteiger partial charge in [-0.05, 0) is 38.4 Å². The molecule has 1 aromatic heterocycles. The Morgan fingerprint density at radius 3 is 2.75 bits per heavy atom. The Morgan fingerprint density at radius 1 is 1.56 bits per heavy atom. The van der Waals surface area contributed by atoms with Crippen molar-refractivity contribution in [1.29, 1.82) is 0 Å². The second-order valence-corrected chi connectivity index (χ2v) is 4.55. The monoisotopic (exact) mass is 221 g/mol. The maximum atomic E-state index is 12.5. The van der Waals surface area contributed by atoms with Crippen molar-refractivity contribution in [1.82, 2.24) is 15.1 Å². The molecule has 0 spiro atoms. The van der Waals surface area contributed by atoms with Gasteiger partial charge in [0, 0.05) is 18.7 Å². The molecule has 1 N–H and O–H groups in total. The fourth-order valence-electron chi connectivity index (χ4n) is 2.51. The van der Waals surface area contributed by atoms with E-state index in [4.69, 9.17) is 0 Å². The first kappa shape index (κ1) is 11.3. The van der Waals surface area contributed by atoms with Crippen molar-refractivity contribution in [3.8, 4) is 0 Å². The highest BCUT2D eigenvalue weighted by atomic mass is 16.1. The quantitative estimate of drug-likeness (QED) is 0.784. The van der Waals surface area contributed by atoms with E-state index in [1.807, 2.05) is 13.1 Å². The van der Waals surface area contributed by atoms with Crippen molar-refractivity contribution in [2.45, 2.75) is 26.2 Å². The Balaban J connectivity index is 2.28. The zero-order valence-electron chi connectivity index (χ0n) is 9.99. The molecule has 1 fully saturated rings. The van der Waals surface area contributed by atoms with Crippen LogP contribution >= 0.6 is 0 Å². The number of aryl methyl sites for hydroxylation is 1. The molecule has 0 bridgehead atoms. The maximum Gasteiger partial charge on any atom is 0.187 e. The summed E-state index contributed by atoms with van der Waals surface area (Å²) in [4.78, 5) is 12.5. The standard InChI is InChI=1S/C12H19N3O/c1-3-12(5-8-13-9-6-12)11(16)10-4-7-14-15(10)2/h4,7,13H,3,5-6,8-9H2,1-2H3. The predicted octanol–water partition coefficient (Wildman–Crippen LogP) is 1.38. The van der Waals surface area contributed by atoms with E-state index in [0.29, 0.717) is 0 Å². The number of nitrogens with zero attached hydrogens (tertiary/aromatic N) is 2. The van der Waals surface area contributed by atoms with Gasteiger partial charge < -0.3 is 5.32 Å². The van der Waals surface area contributed by atoms with Crippen molar-refractivity contribution >= 4 is 5.78 Å². The average molecular weight is 221 g/mol. The van der Waals surface area contributed by atoms with Crippen LogP contribution in [0.25, 0.3) is 0 Å². The highest BCUT2D eigenvalue weighted by molar-refractivity contribution is 5.99. The van der Waals surface area contributed by atoms with Crippen LogP contribution < -0.4 is 5.32 Å². The third-order valence-corrected chi connectivity index (χ3v) is 3.77. The molecule has 1 aliphatic rings. The number of piperidine rings is 1. The summed E-state index contributed by atoms with van der Waals surface area (Å²) < 4.78 is 1.68. The smallest absolute Gasteiger partial charge is 0.187 e. The molecule has 1 aliphatic heterocycles. The summed E-state index contributed by atoms with van der Waals surface area (Å²) in [6, 6.07) is 1.82. The first-order valence-electron chi connectivity index (χ1n) is 5.93. The molecule has 0 unspecified atom stereocenters. The van der Waals surface area contributed by atoms with Crippen molar-refractivity contribution in [2.75, 3.05) is 13.1 Å². The zero-order chi connectivity index (χ0) is 11.6. The molecule has 0 saturated carbocycles. The number of ketones is 1. The molecule has 16 heavy (non-hydrogen) atoms. The van der Waals surface area contributed by atoms with Crippen LogP contribution in [0.2, 0.25) is 0 Å². The molecule has 2 heterocycles. The van der Waals surface area contributed by atoms with Crippen LogP contribution in [0.5, 0.6) is 0 Å². The van der Waals surface area contributed by atoms with Gasteiger partial charge in [0.1, 0.15) is 5.69 Å². The molecule has 4 heteroatoms. The normalized spacial score (nSPS) is 19.6. The Kier molecular flexibility index (Phi) is 3.10. The Hall–Kier alpha value is -1.16. The Morgan fingerprint density at radius 2 is 2.25 bits per heavy atom. The number of aromatic nitrogens is 2. The Labute approximate surface area is 96.0 Å². The number of carbonyl (C=O) groups excluding carboxylic acids is 1. The lowest BCUT2D eigenvalue weighted by molar-refractivity contribution is 0.0707. The van der Waals surface area contributed by atoms with E-state index in [1.54, 1.807) is 10.9 Å². The largest absolute Gasteiger partial charge is 0.317 e. The predicted molar refractivity (Wildman–Crippen MR) is 62.4 cm³/mol. The minimum Gasteiger partial charge on any atom is -0.317 e. The van der Waals surface area contributed by atoms with E-state index >= 15 is 0 Å². The molecule has 4 nitrogen and oxygen atoms in total. The molecular weight excluding hydrogens is 202 g/mol. The summed E-state index contributed by atoms with van der Waals surface area (Å²) in [7, 11) is 1.83. The SMILES string of the molecule is CCC1(C(=O)c2ccnn2C)CCNCC1. The lowest BCUT2D eigenvalue weighted by atomic mass is 9.72. The molecular formula is C12H19N3O. The highest BCUT2D eigenvalue weighted by Crippen LogP contribution is 2.35. The van der Waals surface area contributed by atoms with Gasteiger partial charge in [0.05, 0.1) is 0 Å². The average Bonchev–Trinajstić information content (AvgIpc) is 2.75. The summed E-state index contributed by atoms with van der Waals surface area (Å²) >= 11 is 0. The number of rotatable bonds is 3. The van der Waals surface area contributed by atoms with Crippen LogP contribution in [0.1, 0.15) is 36.7 Å². The van der Waals surface area contributed by atoms with Gasteiger partial charge in [0.15, 0.2) is 5.78 Å². The van der Waals surface area contributed by atoms with Gasteiger partial charge in [0.25, 0.3) is 0 Å². The second-order valence-electron chi connectivity index (χ2n) is 4.55. The van der Waals surface area contributed by atoms with Gasteiger partial charge in [-0.25, -0.2) is 0 Å². The highest BCUT2D eigenvalue weighted by Gasteiger charge is 2.39. The molecule has 1 aromatic rings. The number of Topliss-reactive ketones (excluding diaryl/α,β-unsaturated/α-hetero) is 1. The lowest BCUT2D eigenvalue weighted by Gasteiger charge is -2.35. The van der Waals surface area contributed by atoms with Gasteiger partial charge in [-0.1, -0.05) is 6.92 Å². The van der Waals surface area contributed by atoms with E-state index in [2.05, 4.69) is 17.3 Å². The molecule has 0 radical (unpaired) electrons. The van der Waals surface area contributed by atoms with Crippen molar-refractivity contribution in [3.05, 3.63) is 18.0 Å². The second kappa shape index (κ2) is 4.37. The maximum absolute atomic E-state index is 12.5. The van der Waals surface area contributed by atoms with Gasteiger partial charge >= 0.3 is 0 Å². The van der Waals surface area contributed by atoms with E-state index in [0.717, 1.165) is 38.0 Å². The van der Waals surface area contributed by atoms with Crippen LogP contribution in [0.3, 0.4) is 0 Å². The summed E-state index contributed by atoms with van der Waals surface area (Å²) in [5.41, 5.74) is 0.572. The minimum absolute atomic E-state index is 0.168. The van der Waals surface area contributed by atoms with Crippen LogP contribution in [0.4, 0.5) is 0 Å². The molecule has 0 amide bonds. The third kappa shape index (κ3) is 1.78. The van der Waals surface area contributed by atoms with Crippen molar-refractivity contribution in [3.63, 3.8) is 0 Å². The zero-order valence-corrected chi connectivity index (χ0v) is 9.99. The summed E-state index contributed by atoms with van der Waals surface area (Å²) in [6.45, 7) is 3.99. The van der Waals surface area contributed by atoms with Crippen molar-refractivity contribution < 1.29 is 4.79 Å². The fraction of sp³-hybridized carbons (Fsp3) is 0.667. The van der Waals surface area contributed by atoms with Crippen LogP contribution in [0, 0.1) is 5.41 Å². The van der Waals surface area contributed by atoms with Crippen molar-refractivity contribution in [2.24, 2.45) is 12.5 Å². The topological polar surface area (TPSA) is 46.9 Å². The molecule has 0 atom stereocenters. The van der Waals surface area contributed by atoms with E-state index in [9.17, 15) is 4.79 Å². The summed E-state index contributed by atoms with van der Waals surface area (Å²) in [5, 5.41) is 7.39. The van der Waals surface area contributed by atoms with Crippen LogP contribution in [-0.4, -0.2) is 28.7 Å². The molecule has 0 aliphatic carbocycles. The number of hydrogen-bond acceptors (Lipinski definition) is 3. The third-order valence-electron chi connectivity index (χ3n) is 3.77. The summed E-state index contributed by atoms with van der Waals surface area (Å²) in [6.07, 6.45) is 4.48. The van der Waals surface area contributed by atoms with Gasteiger partial charge in [-0.3, -0.25) is 9.48 Å². The van der Waals surface area contributed by atoms with Gasteiger partial charge in [-0.2, -0.15) is 5.10 Å². The molecule has 0 aromatic carbocycles. The minimum atomic E-state index is -0.168. The van der Waals surface area contributed by atoms with Gasteiger partial charge in [-0.15, -0.1) is 0 Å². The fourth-order valence-corrected chi connectivity index (χ4v) is 2.51. The molecule has 88 valence electrons. The molecule has 2 rings (SSSR count). The Bertz CT molecular complexity index is 377. The first-order valence-corrected chi connectivity index (χ1v) is 5.93. The van der Waals surface area contributed by atoms with Gasteiger partial charge in [0.2, 0.25) is 0 Å². The van der Waals surface area contributed by atoms with E-state index in [-0.39, 0.29) is 11.2 Å². The first-order chi connectivity index (χ1) is 7.69.